The summed E-state index contributed by atoms with van der Waals surface area (Å²) in [4.78, 5) is 1.50. The Bertz CT molecular complexity index is 730. The van der Waals surface area contributed by atoms with Crippen LogP contribution in [0.2, 0.25) is 0 Å². The Labute approximate surface area is 145 Å². The number of fused-ring (bicyclic) bond motifs is 3. The van der Waals surface area contributed by atoms with Crippen LogP contribution in [0.3, 0.4) is 0 Å². The van der Waals surface area contributed by atoms with Crippen LogP contribution in [-0.4, -0.2) is 14.4 Å². The molecule has 0 amide bonds. The largest absolute Gasteiger partial charge is 0.508 e. The minimum Gasteiger partial charge on any atom is -0.508 e. The SMILES string of the molecule is CCCCc1cc2c(cc1O)-c1cc(O)c(CCCC)cc1S2=O. The van der Waals surface area contributed by atoms with Crippen molar-refractivity contribution in [1.29, 1.82) is 0 Å². The second kappa shape index (κ2) is 6.98. The Hall–Kier alpha value is -1.81. The molecule has 0 spiro atoms. The molecule has 0 radical (unpaired) electrons. The lowest BCUT2D eigenvalue weighted by atomic mass is 9.98. The summed E-state index contributed by atoms with van der Waals surface area (Å²) in [6, 6.07) is 7.16. The number of rotatable bonds is 6. The molecule has 0 atom stereocenters. The molecule has 2 aromatic rings. The summed E-state index contributed by atoms with van der Waals surface area (Å²) >= 11 is 0. The van der Waals surface area contributed by atoms with Crippen molar-refractivity contribution in [1.82, 2.24) is 0 Å². The molecule has 128 valence electrons. The predicted molar refractivity (Wildman–Crippen MR) is 97.1 cm³/mol. The molecular weight excluding hydrogens is 320 g/mol. The number of phenolic OH excluding ortho intramolecular Hbond substituents is 2. The van der Waals surface area contributed by atoms with E-state index in [0.717, 1.165) is 70.6 Å². The Morgan fingerprint density at radius 2 is 1.21 bits per heavy atom. The van der Waals surface area contributed by atoms with Gasteiger partial charge in [0, 0.05) is 11.1 Å². The molecule has 0 aliphatic carbocycles. The van der Waals surface area contributed by atoms with E-state index in [1.54, 1.807) is 12.1 Å². The molecular formula is C20H24O3S. The number of hydrogen-bond acceptors (Lipinski definition) is 3. The van der Waals surface area contributed by atoms with E-state index in [1.807, 2.05) is 12.1 Å². The van der Waals surface area contributed by atoms with E-state index in [2.05, 4.69) is 13.8 Å². The fraction of sp³-hybridized carbons (Fsp3) is 0.400. The fourth-order valence-corrected chi connectivity index (χ4v) is 4.67. The third kappa shape index (κ3) is 2.95. The summed E-state index contributed by atoms with van der Waals surface area (Å²) in [5.74, 6) is 0.503. The predicted octanol–water partition coefficient (Wildman–Crippen LogP) is 4.93. The fourth-order valence-electron chi connectivity index (χ4n) is 3.20. The minimum atomic E-state index is -1.24. The second-order valence-electron chi connectivity index (χ2n) is 6.43. The van der Waals surface area contributed by atoms with Gasteiger partial charge in [-0.1, -0.05) is 26.7 Å². The van der Waals surface area contributed by atoms with Gasteiger partial charge in [0.1, 0.15) is 11.5 Å². The number of phenols is 2. The van der Waals surface area contributed by atoms with Gasteiger partial charge in [0.05, 0.1) is 20.6 Å². The highest BCUT2D eigenvalue weighted by Crippen LogP contribution is 2.46. The van der Waals surface area contributed by atoms with Gasteiger partial charge in [-0.05, 0) is 61.1 Å². The van der Waals surface area contributed by atoms with E-state index in [-0.39, 0.29) is 11.5 Å². The third-order valence-electron chi connectivity index (χ3n) is 4.65. The maximum absolute atomic E-state index is 12.9. The van der Waals surface area contributed by atoms with Crippen molar-refractivity contribution in [3.63, 3.8) is 0 Å². The van der Waals surface area contributed by atoms with Crippen LogP contribution in [0.25, 0.3) is 11.1 Å². The molecule has 1 aliphatic rings. The number of aromatic hydroxyl groups is 2. The average Bonchev–Trinajstić information content (AvgIpc) is 2.82. The van der Waals surface area contributed by atoms with E-state index < -0.39 is 10.8 Å². The highest BCUT2D eigenvalue weighted by atomic mass is 32.2. The van der Waals surface area contributed by atoms with Crippen LogP contribution < -0.4 is 0 Å². The minimum absolute atomic E-state index is 0.251. The Kier molecular flexibility index (Phi) is 4.95. The van der Waals surface area contributed by atoms with E-state index in [9.17, 15) is 14.4 Å². The summed E-state index contributed by atoms with van der Waals surface area (Å²) in [7, 11) is -1.24. The van der Waals surface area contributed by atoms with Gasteiger partial charge in [-0.3, -0.25) is 0 Å². The van der Waals surface area contributed by atoms with Gasteiger partial charge in [0.25, 0.3) is 0 Å². The quantitative estimate of drug-likeness (QED) is 0.666. The molecule has 1 aliphatic heterocycles. The van der Waals surface area contributed by atoms with Crippen LogP contribution >= 0.6 is 0 Å². The Balaban J connectivity index is 2.04. The normalized spacial score (nSPS) is 13.1. The van der Waals surface area contributed by atoms with Gasteiger partial charge in [-0.25, -0.2) is 4.21 Å². The van der Waals surface area contributed by atoms with Gasteiger partial charge in [0.15, 0.2) is 0 Å². The summed E-state index contributed by atoms with van der Waals surface area (Å²) in [5.41, 5.74) is 3.26. The Morgan fingerprint density at radius 1 is 0.792 bits per heavy atom. The smallest absolute Gasteiger partial charge is 0.119 e. The van der Waals surface area contributed by atoms with Gasteiger partial charge < -0.3 is 10.2 Å². The molecule has 0 fully saturated rings. The van der Waals surface area contributed by atoms with Gasteiger partial charge in [-0.2, -0.15) is 0 Å². The molecule has 0 bridgehead atoms. The molecule has 0 saturated heterocycles. The van der Waals surface area contributed by atoms with Crippen LogP contribution in [0.4, 0.5) is 0 Å². The van der Waals surface area contributed by atoms with E-state index in [4.69, 9.17) is 0 Å². The molecule has 0 unspecified atom stereocenters. The second-order valence-corrected chi connectivity index (χ2v) is 7.85. The molecule has 4 heteroatoms. The molecule has 2 N–H and O–H groups in total. The lowest BCUT2D eigenvalue weighted by Gasteiger charge is -2.08. The van der Waals surface area contributed by atoms with Gasteiger partial charge >= 0.3 is 0 Å². The first-order chi connectivity index (χ1) is 11.6. The van der Waals surface area contributed by atoms with Gasteiger partial charge in [-0.15, -0.1) is 0 Å². The van der Waals surface area contributed by atoms with Crippen LogP contribution in [0.15, 0.2) is 34.1 Å². The zero-order chi connectivity index (χ0) is 17.3. The molecule has 0 saturated carbocycles. The van der Waals surface area contributed by atoms with E-state index in [1.165, 1.54) is 0 Å². The monoisotopic (exact) mass is 344 g/mol. The van der Waals surface area contributed by atoms with Crippen LogP contribution in [-0.2, 0) is 23.6 Å². The summed E-state index contributed by atoms with van der Waals surface area (Å²) < 4.78 is 12.9. The third-order valence-corrected chi connectivity index (χ3v) is 6.13. The Morgan fingerprint density at radius 3 is 1.58 bits per heavy atom. The van der Waals surface area contributed by atoms with Crippen molar-refractivity contribution in [2.45, 2.75) is 62.2 Å². The van der Waals surface area contributed by atoms with Crippen LogP contribution in [0, 0.1) is 0 Å². The number of hydrogen-bond donors (Lipinski definition) is 2. The number of aryl methyl sites for hydroxylation is 2. The summed E-state index contributed by atoms with van der Waals surface area (Å²) in [6.45, 7) is 4.22. The molecule has 3 rings (SSSR count). The summed E-state index contributed by atoms with van der Waals surface area (Å²) in [5, 5.41) is 20.6. The molecule has 3 nitrogen and oxygen atoms in total. The van der Waals surface area contributed by atoms with Crippen molar-refractivity contribution >= 4 is 10.8 Å². The number of unbranched alkanes of at least 4 members (excludes halogenated alkanes) is 2. The van der Waals surface area contributed by atoms with Crippen molar-refractivity contribution < 1.29 is 14.4 Å². The topological polar surface area (TPSA) is 57.5 Å². The van der Waals surface area contributed by atoms with Gasteiger partial charge in [0.2, 0.25) is 0 Å². The highest BCUT2D eigenvalue weighted by Gasteiger charge is 2.28. The van der Waals surface area contributed by atoms with Crippen molar-refractivity contribution in [2.24, 2.45) is 0 Å². The van der Waals surface area contributed by atoms with Crippen molar-refractivity contribution in [3.05, 3.63) is 35.4 Å². The zero-order valence-electron chi connectivity index (χ0n) is 14.3. The first-order valence-electron chi connectivity index (χ1n) is 8.70. The first-order valence-corrected chi connectivity index (χ1v) is 9.85. The molecule has 1 heterocycles. The maximum Gasteiger partial charge on any atom is 0.119 e. The highest BCUT2D eigenvalue weighted by molar-refractivity contribution is 7.85. The lowest BCUT2D eigenvalue weighted by molar-refractivity contribution is 0.465. The molecule has 2 aromatic carbocycles. The maximum atomic E-state index is 12.9. The molecule has 0 aromatic heterocycles. The molecule has 24 heavy (non-hydrogen) atoms. The average molecular weight is 344 g/mol. The van der Waals surface area contributed by atoms with Crippen LogP contribution in [0.5, 0.6) is 11.5 Å². The van der Waals surface area contributed by atoms with Crippen LogP contribution in [0.1, 0.15) is 50.7 Å². The first kappa shape index (κ1) is 17.0. The summed E-state index contributed by atoms with van der Waals surface area (Å²) in [6.07, 6.45) is 5.66. The number of benzene rings is 2. The van der Waals surface area contributed by atoms with Crippen molar-refractivity contribution in [3.8, 4) is 22.6 Å². The lowest BCUT2D eigenvalue weighted by Crippen LogP contribution is -1.92. The van der Waals surface area contributed by atoms with E-state index in [0.29, 0.717) is 0 Å². The zero-order valence-corrected chi connectivity index (χ0v) is 15.1. The van der Waals surface area contributed by atoms with Crippen molar-refractivity contribution in [2.75, 3.05) is 0 Å². The standard InChI is InChI=1S/C20H24O3S/c1-3-5-7-13-9-19-15(11-17(13)21)16-12-18(22)14(8-6-4-2)10-20(16)24(19)23/h9-12,21-22H,3-8H2,1-2H3. The van der Waals surface area contributed by atoms with E-state index >= 15 is 0 Å².